The number of ketones is 17. The van der Waals surface area contributed by atoms with Gasteiger partial charge in [0.1, 0.15) is 11.6 Å². The van der Waals surface area contributed by atoms with Gasteiger partial charge in [0.15, 0.2) is 63.6 Å². The lowest BCUT2D eigenvalue weighted by Crippen LogP contribution is -2.16. The zero-order chi connectivity index (χ0) is 90.7. The van der Waals surface area contributed by atoms with Crippen molar-refractivity contribution in [3.63, 3.8) is 0 Å². The second kappa shape index (κ2) is 50.1. The predicted octanol–water partition coefficient (Wildman–Crippen LogP) is 20.1. The van der Waals surface area contributed by atoms with Crippen molar-refractivity contribution in [2.75, 3.05) is 0 Å². The van der Waals surface area contributed by atoms with Crippen LogP contribution in [0.3, 0.4) is 0 Å². The molecule has 0 spiro atoms. The Labute approximate surface area is 749 Å². The minimum atomic E-state index is -1.58. The predicted molar refractivity (Wildman–Crippen MR) is 477 cm³/mol. The largest absolute Gasteiger partial charge is 0.475 e. The summed E-state index contributed by atoms with van der Waals surface area (Å²) in [5.41, 5.74) is 7.75. The number of carbonyl (C=O) groups is 18. The summed E-state index contributed by atoms with van der Waals surface area (Å²) in [6.45, 7) is 5.85. The van der Waals surface area contributed by atoms with Crippen molar-refractivity contribution in [1.82, 2.24) is 0 Å². The van der Waals surface area contributed by atoms with E-state index in [-0.39, 0.29) is 66.2 Å². The van der Waals surface area contributed by atoms with E-state index in [2.05, 4.69) is 0 Å². The van der Waals surface area contributed by atoms with E-state index < -0.39 is 88.2 Å². The van der Waals surface area contributed by atoms with Crippen molar-refractivity contribution in [3.05, 3.63) is 334 Å². The van der Waals surface area contributed by atoms with E-state index in [9.17, 15) is 95.1 Å². The molecule has 0 radical (unpaired) electrons. The normalized spacial score (nSPS) is 10.3. The maximum Gasteiger partial charge on any atom is 0.372 e. The van der Waals surface area contributed by atoms with Gasteiger partial charge in [-0.25, -0.2) is 13.6 Å². The summed E-state index contributed by atoms with van der Waals surface area (Å²) < 4.78 is 26.9. The Balaban J connectivity index is 0.000000204. The Kier molecular flexibility index (Phi) is 40.1. The Morgan fingerprint density at radius 2 is 0.565 bits per heavy atom. The molecule has 0 aliphatic rings. The molecule has 30 heteroatoms. The lowest BCUT2D eigenvalue weighted by molar-refractivity contribution is -0.148. The molecule has 1 N–H and O–H groups in total. The quantitative estimate of drug-likeness (QED) is 0.0216. The van der Waals surface area contributed by atoms with Crippen molar-refractivity contribution < 1.29 is 100 Å². The van der Waals surface area contributed by atoms with Gasteiger partial charge in [0.2, 0.25) is 34.7 Å². The molecule has 19 nitrogen and oxygen atoms in total. The molecule has 12 aromatic rings. The average Bonchev–Trinajstić information content (AvgIpc) is 1.75. The van der Waals surface area contributed by atoms with Gasteiger partial charge in [0.05, 0.1) is 42.7 Å². The lowest BCUT2D eigenvalue weighted by atomic mass is 10.1. The Bertz CT molecular complexity index is 5570. The second-order valence-electron chi connectivity index (χ2n) is 27.2. The van der Waals surface area contributed by atoms with Gasteiger partial charge in [-0.2, -0.15) is 0 Å². The molecule has 0 unspecified atom stereocenters. The number of benzene rings is 6. The third-order valence-electron chi connectivity index (χ3n) is 17.2. The van der Waals surface area contributed by atoms with E-state index >= 15 is 0 Å². The van der Waals surface area contributed by atoms with Gasteiger partial charge >= 0.3 is 5.97 Å². The van der Waals surface area contributed by atoms with Crippen molar-refractivity contribution in [2.45, 2.75) is 114 Å². The molecule has 6 aromatic heterocycles. The van der Waals surface area contributed by atoms with Crippen LogP contribution in [0.1, 0.15) is 187 Å². The summed E-state index contributed by atoms with van der Waals surface area (Å²) >= 11 is 21.9. The summed E-state index contributed by atoms with van der Waals surface area (Å²) in [5.74, 6) is -11.6. The summed E-state index contributed by atoms with van der Waals surface area (Å²) in [6, 6.07) is 57.5. The molecule has 0 amide bonds. The number of thiophene rings is 6. The zero-order valence-electron chi connectivity index (χ0n) is 66.9. The van der Waals surface area contributed by atoms with Crippen LogP contribution in [-0.4, -0.2) is 109 Å². The van der Waals surface area contributed by atoms with Gasteiger partial charge in [-0.1, -0.05) is 132 Å². The fraction of sp³-hybridized carbons (Fsp3) is 0.170. The van der Waals surface area contributed by atoms with E-state index in [0.29, 0.717) is 69.1 Å². The number of carboxylic acid groups (broad SMARTS) is 1. The van der Waals surface area contributed by atoms with Gasteiger partial charge in [0.25, 0.3) is 0 Å². The van der Waals surface area contributed by atoms with Crippen molar-refractivity contribution >= 4 is 207 Å². The van der Waals surface area contributed by atoms with Gasteiger partial charge in [-0.15, -0.1) is 68.0 Å². The third-order valence-corrected chi connectivity index (χ3v) is 24.5. The average molecular weight is 1840 g/mol. The van der Waals surface area contributed by atoms with Crippen molar-refractivity contribution in [3.8, 4) is 0 Å². The highest BCUT2D eigenvalue weighted by molar-refractivity contribution is 8.01. The number of carboxylic acids is 1. The van der Waals surface area contributed by atoms with Crippen LogP contribution in [-0.2, 0) is 89.6 Å². The summed E-state index contributed by atoms with van der Waals surface area (Å²) in [6.07, 6.45) is 0.789. The molecular weight excluding hydrogens is 1770 g/mol. The van der Waals surface area contributed by atoms with Crippen molar-refractivity contribution in [2.24, 2.45) is 0 Å². The topological polar surface area (TPSA) is 327 Å². The molecule has 0 fully saturated rings. The molecular formula is C94H76Cl2F2O19S7. The first-order valence-electron chi connectivity index (χ1n) is 37.3. The number of Topliss-reactive ketones (excluding diaryl/α,β-unsaturated/α-hetero) is 17. The number of aliphatic carboxylic acids is 1. The molecule has 0 saturated carbocycles. The molecule has 0 aliphatic heterocycles. The molecule has 0 aliphatic carbocycles. The summed E-state index contributed by atoms with van der Waals surface area (Å²) in [5, 5.41) is 20.0. The van der Waals surface area contributed by atoms with Gasteiger partial charge in [-0.3, -0.25) is 81.5 Å². The Hall–Kier alpha value is -11.8. The van der Waals surface area contributed by atoms with E-state index in [1.54, 1.807) is 111 Å². The number of hydrogen-bond acceptors (Lipinski definition) is 25. The monoisotopic (exact) mass is 1840 g/mol. The van der Waals surface area contributed by atoms with Crippen LogP contribution in [0.25, 0.3) is 0 Å². The van der Waals surface area contributed by atoms with Crippen LogP contribution in [0.2, 0.25) is 10.0 Å². The molecule has 6 aromatic carbocycles. The number of carbonyl (C=O) groups excluding carboxylic acids is 17. The maximum absolute atomic E-state index is 13.1. The van der Waals surface area contributed by atoms with Gasteiger partial charge in [-0.05, 0) is 125 Å². The second-order valence-corrected chi connectivity index (χ2v) is 35.3. The number of hydrogen-bond donors (Lipinski definition) is 1. The van der Waals surface area contributed by atoms with E-state index in [1.165, 1.54) is 119 Å². The third kappa shape index (κ3) is 34.8. The van der Waals surface area contributed by atoms with E-state index in [4.69, 9.17) is 28.3 Å². The van der Waals surface area contributed by atoms with Crippen LogP contribution >= 0.6 is 103 Å². The molecule has 0 atom stereocenters. The molecule has 6 heterocycles. The van der Waals surface area contributed by atoms with Crippen LogP contribution in [0.4, 0.5) is 8.78 Å². The maximum atomic E-state index is 13.1. The lowest BCUT2D eigenvalue weighted by Gasteiger charge is -1.99. The molecule has 12 rings (SSSR count). The summed E-state index contributed by atoms with van der Waals surface area (Å²) in [7, 11) is 0. The Morgan fingerprint density at radius 3 is 0.895 bits per heavy atom. The molecule has 0 saturated heterocycles. The van der Waals surface area contributed by atoms with Crippen LogP contribution < -0.4 is 0 Å². The van der Waals surface area contributed by atoms with Crippen LogP contribution in [0.15, 0.2) is 236 Å². The van der Waals surface area contributed by atoms with E-state index in [1.807, 2.05) is 103 Å². The highest BCUT2D eigenvalue weighted by atomic mass is 35.5. The Morgan fingerprint density at radius 1 is 0.282 bits per heavy atom. The first-order chi connectivity index (χ1) is 58.9. The fourth-order valence-electron chi connectivity index (χ4n) is 10.5. The minimum absolute atomic E-state index is 0.288. The van der Waals surface area contributed by atoms with E-state index in [0.717, 1.165) is 76.0 Å². The highest BCUT2D eigenvalue weighted by Gasteiger charge is 2.24. The zero-order valence-corrected chi connectivity index (χ0v) is 74.1. The summed E-state index contributed by atoms with van der Waals surface area (Å²) in [4.78, 5) is 209. The number of rotatable bonds is 36. The molecule has 124 heavy (non-hydrogen) atoms. The van der Waals surface area contributed by atoms with Gasteiger partial charge < -0.3 is 5.11 Å². The smallest absolute Gasteiger partial charge is 0.372 e. The highest BCUT2D eigenvalue weighted by Crippen LogP contribution is 2.34. The first kappa shape index (κ1) is 99.3. The molecule has 636 valence electrons. The first-order valence-corrected chi connectivity index (χ1v) is 44.1. The van der Waals surface area contributed by atoms with Crippen LogP contribution in [0, 0.1) is 11.6 Å². The fourth-order valence-corrected chi connectivity index (χ4v) is 17.4. The van der Waals surface area contributed by atoms with Crippen molar-refractivity contribution in [1.29, 1.82) is 0 Å². The minimum Gasteiger partial charge on any atom is -0.475 e. The van der Waals surface area contributed by atoms with Crippen LogP contribution in [0.5, 0.6) is 0 Å². The SMILES string of the molecule is CC(=O)C(=O)CC(=O)c1csc(Cc2ccc(F)cc2)c1.CC(=O)C(=O)CC(=O)c1csc(Cc2cccc(Cl)c2)c1.CC(=O)C(=O)CC(=O)c1csc(Cc2cccc(F)c2)c1.CC(=O)C(=O)CC(=O)c1csc(Cc2ccccc2)c1.CC(=O)C(=O)CC(=O)c1csc(Sc2ccccc2)c1.O=C(O)C(=O)CC(=O)c1csc(Cc2ccc(Cl)cc2)c1. The number of halogens is 4. The van der Waals surface area contributed by atoms with Gasteiger partial charge in [0, 0.05) is 172 Å². The molecule has 0 bridgehead atoms. The standard InChI is InChI=1S/C16H13ClO3S.2C16H13FO3S.C16H14O3S.C15H11ClO4S.C15H12O3S2/c1-10(18)15(19)8-16(20)12-7-14(21-9-12)6-11-3-2-4-13(17)5-11;1-10(18)15(19)8-16(20)12-7-14(21-9-12)6-11-2-4-13(17)5-3-11;1-10(18)15(19)8-16(20)12-7-14(21-9-12)6-11-3-2-4-13(17)5-11;1-11(17)15(18)9-16(19)13-8-14(20-10-13)7-12-5-3-2-4-6-12;16-11-3-1-9(2-4-11)5-12-6-10(8-21-12)13(17)7-14(18)15(19)20;1-10(16)13(17)8-14(18)11-7-15(19-9-11)20-12-5-3-2-4-6-12/h3*2-5,7,9H,6,8H2,1H3;2-6,8,10H,7,9H2,1H3;1-4,6,8H,5,7H2,(H,19,20);2-7,9H,8H2,1H3.